The molecule has 1 N–H and O–H groups in total. The Labute approximate surface area is 224 Å². The van der Waals surface area contributed by atoms with Gasteiger partial charge in [-0.2, -0.15) is 0 Å². The highest BCUT2D eigenvalue weighted by Crippen LogP contribution is 2.40. The quantitative estimate of drug-likeness (QED) is 0.378. The van der Waals surface area contributed by atoms with E-state index < -0.39 is 0 Å². The summed E-state index contributed by atoms with van der Waals surface area (Å²) in [5, 5.41) is 3.98. The van der Waals surface area contributed by atoms with Gasteiger partial charge in [0.25, 0.3) is 5.91 Å². The number of thioether (sulfide) groups is 1. The number of nitrogens with zero attached hydrogens (tertiary/aromatic N) is 2. The van der Waals surface area contributed by atoms with Gasteiger partial charge in [-0.05, 0) is 67.5 Å². The smallest absolute Gasteiger partial charge is 0.338 e. The number of nitrogens with one attached hydrogen (secondary N) is 1. The van der Waals surface area contributed by atoms with Crippen LogP contribution in [0.4, 0.5) is 5.69 Å². The van der Waals surface area contributed by atoms with Gasteiger partial charge in [0.05, 0.1) is 23.9 Å². The largest absolute Gasteiger partial charge is 0.462 e. The molecule has 37 heavy (non-hydrogen) atoms. The van der Waals surface area contributed by atoms with Crippen LogP contribution in [-0.4, -0.2) is 40.8 Å². The van der Waals surface area contributed by atoms with Crippen molar-refractivity contribution in [3.63, 3.8) is 0 Å². The SMILES string of the molecule is CCCCc1ccc(C(=O)Nc2cccc(C3C(C(=O)OCC(C)C)=C(C)N=C4SCCCN43)c2)cc1. The first-order valence-electron chi connectivity index (χ1n) is 13.2. The molecule has 7 heteroatoms. The van der Waals surface area contributed by atoms with Crippen molar-refractivity contribution in [2.24, 2.45) is 10.9 Å². The number of hydrogen-bond donors (Lipinski definition) is 1. The molecule has 2 aliphatic heterocycles. The Morgan fingerprint density at radius 3 is 2.70 bits per heavy atom. The van der Waals surface area contributed by atoms with Crippen LogP contribution in [0.25, 0.3) is 0 Å². The zero-order chi connectivity index (χ0) is 26.4. The number of anilines is 1. The number of carbonyl (C=O) groups is 2. The molecule has 2 aliphatic rings. The van der Waals surface area contributed by atoms with Gasteiger partial charge in [-0.3, -0.25) is 4.79 Å². The fourth-order valence-corrected chi connectivity index (χ4v) is 5.61. The van der Waals surface area contributed by atoms with E-state index in [-0.39, 0.29) is 23.8 Å². The maximum absolute atomic E-state index is 13.3. The van der Waals surface area contributed by atoms with E-state index in [0.29, 0.717) is 29.1 Å². The first-order chi connectivity index (χ1) is 17.9. The van der Waals surface area contributed by atoms with E-state index in [1.54, 1.807) is 11.8 Å². The summed E-state index contributed by atoms with van der Waals surface area (Å²) < 4.78 is 5.66. The molecule has 0 spiro atoms. The highest BCUT2D eigenvalue weighted by Gasteiger charge is 2.38. The average molecular weight is 520 g/mol. The highest BCUT2D eigenvalue weighted by atomic mass is 32.2. The second-order valence-electron chi connectivity index (χ2n) is 10.1. The van der Waals surface area contributed by atoms with Crippen molar-refractivity contribution in [3.8, 4) is 0 Å². The lowest BCUT2D eigenvalue weighted by atomic mass is 9.94. The van der Waals surface area contributed by atoms with Crippen molar-refractivity contribution in [1.29, 1.82) is 0 Å². The molecule has 0 aliphatic carbocycles. The molecule has 1 saturated heterocycles. The summed E-state index contributed by atoms with van der Waals surface area (Å²) >= 11 is 1.72. The molecule has 0 bridgehead atoms. The number of carbonyl (C=O) groups excluding carboxylic acids is 2. The van der Waals surface area contributed by atoms with E-state index in [0.717, 1.165) is 48.7 Å². The Kier molecular flexibility index (Phi) is 9.09. The number of amidine groups is 1. The Hall–Kier alpha value is -3.06. The van der Waals surface area contributed by atoms with Gasteiger partial charge in [0.1, 0.15) is 0 Å². The number of allylic oxidation sites excluding steroid dienone is 1. The first-order valence-corrected chi connectivity index (χ1v) is 14.2. The molecule has 1 amide bonds. The van der Waals surface area contributed by atoms with Gasteiger partial charge in [0, 0.05) is 23.5 Å². The van der Waals surface area contributed by atoms with E-state index in [1.807, 2.05) is 69.3 Å². The minimum absolute atomic E-state index is 0.151. The zero-order valence-electron chi connectivity index (χ0n) is 22.3. The molecule has 4 rings (SSSR count). The number of aliphatic imine (C=N–C) groups is 1. The number of benzene rings is 2. The molecule has 6 nitrogen and oxygen atoms in total. The fraction of sp³-hybridized carbons (Fsp3) is 0.433. The van der Waals surface area contributed by atoms with E-state index in [2.05, 4.69) is 17.1 Å². The Bertz CT molecular complexity index is 1190. The van der Waals surface area contributed by atoms with E-state index in [4.69, 9.17) is 9.73 Å². The van der Waals surface area contributed by atoms with Gasteiger partial charge < -0.3 is 15.0 Å². The van der Waals surface area contributed by atoms with Crippen molar-refractivity contribution < 1.29 is 14.3 Å². The van der Waals surface area contributed by atoms with Crippen LogP contribution >= 0.6 is 11.8 Å². The maximum atomic E-state index is 13.3. The third-order valence-electron chi connectivity index (χ3n) is 6.52. The third kappa shape index (κ3) is 6.63. The molecule has 2 heterocycles. The summed E-state index contributed by atoms with van der Waals surface area (Å²) in [7, 11) is 0. The molecule has 196 valence electrons. The van der Waals surface area contributed by atoms with E-state index in [1.165, 1.54) is 5.56 Å². The number of unbranched alkanes of at least 4 members (excludes halogenated alkanes) is 1. The number of fused-ring (bicyclic) bond motifs is 1. The monoisotopic (exact) mass is 519 g/mol. The van der Waals surface area contributed by atoms with Crippen LogP contribution < -0.4 is 5.32 Å². The predicted octanol–water partition coefficient (Wildman–Crippen LogP) is 6.60. The van der Waals surface area contributed by atoms with E-state index >= 15 is 0 Å². The van der Waals surface area contributed by atoms with Gasteiger partial charge in [-0.15, -0.1) is 0 Å². The Balaban J connectivity index is 1.59. The lowest BCUT2D eigenvalue weighted by Gasteiger charge is -2.40. The zero-order valence-corrected chi connectivity index (χ0v) is 23.1. The average Bonchev–Trinajstić information content (AvgIpc) is 2.90. The van der Waals surface area contributed by atoms with Crippen LogP contribution in [0.2, 0.25) is 0 Å². The minimum Gasteiger partial charge on any atom is -0.462 e. The van der Waals surface area contributed by atoms with Gasteiger partial charge in [-0.25, -0.2) is 9.79 Å². The second kappa shape index (κ2) is 12.5. The number of amides is 1. The fourth-order valence-electron chi connectivity index (χ4n) is 4.59. The molecular weight excluding hydrogens is 482 g/mol. The van der Waals surface area contributed by atoms with Crippen LogP contribution in [0, 0.1) is 5.92 Å². The third-order valence-corrected chi connectivity index (χ3v) is 7.60. The number of esters is 1. The van der Waals surface area contributed by atoms with Crippen molar-refractivity contribution in [2.45, 2.75) is 59.4 Å². The standard InChI is InChI=1S/C30H37N3O3S/c1-5-6-9-22-12-14-23(15-13-22)28(34)32-25-11-7-10-24(18-25)27-26(29(35)36-19-20(2)3)21(4)31-30-33(27)16-8-17-37-30/h7,10-15,18,20,27H,5-6,8-9,16-17,19H2,1-4H3,(H,32,34). The Morgan fingerprint density at radius 2 is 1.97 bits per heavy atom. The topological polar surface area (TPSA) is 71.0 Å². The molecule has 0 saturated carbocycles. The van der Waals surface area contributed by atoms with Gasteiger partial charge >= 0.3 is 5.97 Å². The number of ether oxygens (including phenoxy) is 1. The van der Waals surface area contributed by atoms with Crippen LogP contribution in [0.15, 0.2) is 64.8 Å². The van der Waals surface area contributed by atoms with Crippen molar-refractivity contribution in [3.05, 3.63) is 76.5 Å². The molecular formula is C30H37N3O3S. The lowest BCUT2D eigenvalue weighted by molar-refractivity contribution is -0.140. The molecule has 2 aromatic rings. The van der Waals surface area contributed by atoms with Crippen molar-refractivity contribution >= 4 is 34.5 Å². The summed E-state index contributed by atoms with van der Waals surface area (Å²) in [6, 6.07) is 15.3. The number of rotatable bonds is 9. The number of hydrogen-bond acceptors (Lipinski definition) is 6. The molecule has 0 radical (unpaired) electrons. The van der Waals surface area contributed by atoms with Crippen molar-refractivity contribution in [2.75, 3.05) is 24.2 Å². The molecule has 2 aromatic carbocycles. The lowest BCUT2D eigenvalue weighted by Crippen LogP contribution is -2.42. The highest BCUT2D eigenvalue weighted by molar-refractivity contribution is 8.13. The second-order valence-corrected chi connectivity index (χ2v) is 11.1. The molecule has 1 fully saturated rings. The summed E-state index contributed by atoms with van der Waals surface area (Å²) in [5.41, 5.74) is 4.75. The molecule has 0 aromatic heterocycles. The summed E-state index contributed by atoms with van der Waals surface area (Å²) in [5.74, 6) is 0.778. The Morgan fingerprint density at radius 1 is 1.19 bits per heavy atom. The number of aryl methyl sites for hydroxylation is 1. The maximum Gasteiger partial charge on any atom is 0.338 e. The van der Waals surface area contributed by atoms with Crippen LogP contribution in [-0.2, 0) is 16.0 Å². The first kappa shape index (κ1) is 27.0. The molecule has 1 unspecified atom stereocenters. The predicted molar refractivity (Wildman–Crippen MR) is 152 cm³/mol. The summed E-state index contributed by atoms with van der Waals surface area (Å²) in [4.78, 5) is 33.2. The van der Waals surface area contributed by atoms with Crippen LogP contribution in [0.1, 0.15) is 74.5 Å². The van der Waals surface area contributed by atoms with Gasteiger partial charge in [0.15, 0.2) is 5.17 Å². The normalized spacial score (nSPS) is 17.4. The van der Waals surface area contributed by atoms with E-state index in [9.17, 15) is 9.59 Å². The minimum atomic E-state index is -0.327. The van der Waals surface area contributed by atoms with Crippen LogP contribution in [0.5, 0.6) is 0 Å². The van der Waals surface area contributed by atoms with Gasteiger partial charge in [0.2, 0.25) is 0 Å². The molecule has 1 atom stereocenters. The van der Waals surface area contributed by atoms with Gasteiger partial charge in [-0.1, -0.05) is 63.2 Å². The summed E-state index contributed by atoms with van der Waals surface area (Å²) in [6.45, 7) is 9.28. The van der Waals surface area contributed by atoms with Crippen LogP contribution in [0.3, 0.4) is 0 Å². The summed E-state index contributed by atoms with van der Waals surface area (Å²) in [6.07, 6.45) is 4.33. The van der Waals surface area contributed by atoms with Crippen molar-refractivity contribution in [1.82, 2.24) is 4.90 Å².